The minimum atomic E-state index is -1.10. The van der Waals surface area contributed by atoms with E-state index in [0.29, 0.717) is 0 Å². The van der Waals surface area contributed by atoms with E-state index < -0.39 is 24.1 Å². The number of aliphatic carboxylic acids is 1. The summed E-state index contributed by atoms with van der Waals surface area (Å²) in [5, 5.41) is 23.8. The van der Waals surface area contributed by atoms with Gasteiger partial charge in [0, 0.05) is 24.5 Å². The largest absolute Gasteiger partial charge is 0.480 e. The van der Waals surface area contributed by atoms with Crippen LogP contribution in [0.4, 0.5) is 4.79 Å². The maximum atomic E-state index is 12.0. The molecule has 1 aromatic heterocycles. The van der Waals surface area contributed by atoms with Crippen LogP contribution in [0, 0.1) is 0 Å². The lowest BCUT2D eigenvalue weighted by Crippen LogP contribution is -2.46. The van der Waals surface area contributed by atoms with Crippen molar-refractivity contribution in [2.24, 2.45) is 0 Å². The average molecular weight is 285 g/mol. The summed E-state index contributed by atoms with van der Waals surface area (Å²) in [6, 6.07) is -1.76. The Labute approximate surface area is 113 Å². The molecule has 0 bridgehead atoms. The van der Waals surface area contributed by atoms with Crippen LogP contribution in [0.2, 0.25) is 0 Å². The summed E-state index contributed by atoms with van der Waals surface area (Å²) >= 11 is 1.41. The van der Waals surface area contributed by atoms with E-state index in [4.69, 9.17) is 5.11 Å². The number of hydrogen-bond donors (Lipinski definition) is 3. The second-order valence-electron chi connectivity index (χ2n) is 4.44. The molecule has 1 saturated heterocycles. The van der Waals surface area contributed by atoms with Crippen molar-refractivity contribution >= 4 is 23.3 Å². The van der Waals surface area contributed by atoms with Crippen molar-refractivity contribution in [3.63, 3.8) is 0 Å². The van der Waals surface area contributed by atoms with E-state index in [1.54, 1.807) is 18.5 Å². The van der Waals surface area contributed by atoms with Gasteiger partial charge in [0.15, 0.2) is 0 Å². The Hall–Kier alpha value is -1.67. The molecule has 0 radical (unpaired) electrons. The zero-order chi connectivity index (χ0) is 14.0. The molecule has 1 aliphatic rings. The van der Waals surface area contributed by atoms with Crippen LogP contribution >= 0.6 is 11.3 Å². The predicted molar refractivity (Wildman–Crippen MR) is 67.8 cm³/mol. The molecule has 8 heteroatoms. The van der Waals surface area contributed by atoms with Gasteiger partial charge in [-0.1, -0.05) is 0 Å². The normalized spacial score (nSPS) is 24.2. The Morgan fingerprint density at radius 3 is 2.95 bits per heavy atom. The highest BCUT2D eigenvalue weighted by Gasteiger charge is 2.39. The van der Waals surface area contributed by atoms with Crippen LogP contribution in [0.3, 0.4) is 0 Å². The first-order chi connectivity index (χ1) is 8.99. The van der Waals surface area contributed by atoms with Crippen molar-refractivity contribution in [1.29, 1.82) is 0 Å². The molecule has 2 heterocycles. The molecule has 1 aliphatic heterocycles. The van der Waals surface area contributed by atoms with Gasteiger partial charge in [0.1, 0.15) is 11.0 Å². The van der Waals surface area contributed by atoms with Crippen LogP contribution in [0.1, 0.15) is 24.4 Å². The first-order valence-corrected chi connectivity index (χ1v) is 6.74. The summed E-state index contributed by atoms with van der Waals surface area (Å²) in [5.41, 5.74) is 0. The summed E-state index contributed by atoms with van der Waals surface area (Å²) in [6.45, 7) is 1.81. The number of aliphatic hydroxyl groups excluding tert-OH is 1. The van der Waals surface area contributed by atoms with Gasteiger partial charge in [-0.15, -0.1) is 11.3 Å². The number of nitrogens with one attached hydrogen (secondary N) is 1. The standard InChI is InChI=1S/C11H15N3O4S/c1-6(9-12-2-3-19-9)13-11(18)14-5-7(15)4-8(14)10(16)17/h2-3,6-8,15H,4-5H2,1H3,(H,13,18)(H,16,17)/t6?,7-,8+/m1/s1. The van der Waals surface area contributed by atoms with Crippen LogP contribution in [0.5, 0.6) is 0 Å². The Kier molecular flexibility index (Phi) is 4.01. The number of aromatic nitrogens is 1. The lowest BCUT2D eigenvalue weighted by atomic mass is 10.2. The Balaban J connectivity index is 2.01. The SMILES string of the molecule is CC(NC(=O)N1C[C@H](O)C[C@H]1C(=O)O)c1nccs1. The minimum Gasteiger partial charge on any atom is -0.480 e. The van der Waals surface area contributed by atoms with Gasteiger partial charge in [-0.25, -0.2) is 14.6 Å². The van der Waals surface area contributed by atoms with E-state index in [0.717, 1.165) is 9.91 Å². The molecule has 1 unspecified atom stereocenters. The quantitative estimate of drug-likeness (QED) is 0.747. The monoisotopic (exact) mass is 285 g/mol. The van der Waals surface area contributed by atoms with Crippen LogP contribution in [-0.2, 0) is 4.79 Å². The van der Waals surface area contributed by atoms with Gasteiger partial charge >= 0.3 is 12.0 Å². The number of likely N-dealkylation sites (tertiary alicyclic amines) is 1. The molecule has 0 saturated carbocycles. The molecule has 0 aromatic carbocycles. The molecule has 0 spiro atoms. The highest BCUT2D eigenvalue weighted by molar-refractivity contribution is 7.09. The summed E-state index contributed by atoms with van der Waals surface area (Å²) in [7, 11) is 0. The second-order valence-corrected chi connectivity index (χ2v) is 5.36. The fourth-order valence-corrected chi connectivity index (χ4v) is 2.70. The number of rotatable bonds is 3. The second kappa shape index (κ2) is 5.54. The fraction of sp³-hybridized carbons (Fsp3) is 0.545. The Morgan fingerprint density at radius 2 is 2.37 bits per heavy atom. The molecule has 7 nitrogen and oxygen atoms in total. The van der Waals surface area contributed by atoms with E-state index in [-0.39, 0.29) is 19.0 Å². The van der Waals surface area contributed by atoms with E-state index in [9.17, 15) is 14.7 Å². The first-order valence-electron chi connectivity index (χ1n) is 5.86. The molecule has 2 rings (SSSR count). The number of hydrogen-bond acceptors (Lipinski definition) is 5. The molecule has 3 atom stereocenters. The minimum absolute atomic E-state index is 0.0351. The number of β-amino-alcohol motifs (C(OH)–C–C–N with tert-alkyl or cyclic N) is 1. The van der Waals surface area contributed by atoms with E-state index in [1.807, 2.05) is 0 Å². The molecular formula is C11H15N3O4S. The zero-order valence-electron chi connectivity index (χ0n) is 10.3. The van der Waals surface area contributed by atoms with Gasteiger partial charge in [0.25, 0.3) is 0 Å². The van der Waals surface area contributed by atoms with Crippen LogP contribution in [0.15, 0.2) is 11.6 Å². The van der Waals surface area contributed by atoms with Crippen LogP contribution in [-0.4, -0.2) is 50.8 Å². The van der Waals surface area contributed by atoms with Crippen molar-refractivity contribution in [2.45, 2.75) is 31.5 Å². The Bertz CT molecular complexity index is 465. The van der Waals surface area contributed by atoms with Crippen molar-refractivity contribution in [3.05, 3.63) is 16.6 Å². The molecule has 1 fully saturated rings. The van der Waals surface area contributed by atoms with Gasteiger partial charge in [0.2, 0.25) is 0 Å². The third-order valence-corrected chi connectivity index (χ3v) is 3.95. The number of carbonyl (C=O) groups is 2. The van der Waals surface area contributed by atoms with Gasteiger partial charge in [0.05, 0.1) is 12.1 Å². The van der Waals surface area contributed by atoms with Crippen LogP contribution < -0.4 is 5.32 Å². The summed E-state index contributed by atoms with van der Waals surface area (Å²) in [6.07, 6.45) is 0.915. The molecule has 19 heavy (non-hydrogen) atoms. The third-order valence-electron chi connectivity index (χ3n) is 2.99. The van der Waals surface area contributed by atoms with E-state index in [1.165, 1.54) is 11.3 Å². The predicted octanol–water partition coefficient (Wildman–Crippen LogP) is 0.433. The summed E-state index contributed by atoms with van der Waals surface area (Å²) in [5.74, 6) is -1.10. The summed E-state index contributed by atoms with van der Waals surface area (Å²) in [4.78, 5) is 28.3. The van der Waals surface area contributed by atoms with Gasteiger partial charge in [-0.3, -0.25) is 0 Å². The van der Waals surface area contributed by atoms with Crippen molar-refractivity contribution < 1.29 is 19.8 Å². The number of urea groups is 1. The van der Waals surface area contributed by atoms with Crippen LogP contribution in [0.25, 0.3) is 0 Å². The Morgan fingerprint density at radius 1 is 1.63 bits per heavy atom. The van der Waals surface area contributed by atoms with Crippen molar-refractivity contribution in [2.75, 3.05) is 6.54 Å². The zero-order valence-corrected chi connectivity index (χ0v) is 11.1. The maximum Gasteiger partial charge on any atom is 0.326 e. The number of carboxylic acid groups (broad SMARTS) is 1. The number of carbonyl (C=O) groups excluding carboxylic acids is 1. The fourth-order valence-electron chi connectivity index (χ4n) is 2.05. The highest BCUT2D eigenvalue weighted by Crippen LogP contribution is 2.20. The molecule has 104 valence electrons. The molecule has 0 aliphatic carbocycles. The van der Waals surface area contributed by atoms with Gasteiger partial charge in [-0.05, 0) is 6.92 Å². The van der Waals surface area contributed by atoms with E-state index in [2.05, 4.69) is 10.3 Å². The van der Waals surface area contributed by atoms with Gasteiger partial charge in [-0.2, -0.15) is 0 Å². The first kappa shape index (κ1) is 13.8. The number of carboxylic acids is 1. The van der Waals surface area contributed by atoms with E-state index >= 15 is 0 Å². The lowest BCUT2D eigenvalue weighted by molar-refractivity contribution is -0.141. The van der Waals surface area contributed by atoms with Crippen molar-refractivity contribution in [1.82, 2.24) is 15.2 Å². The molecule has 2 amide bonds. The third kappa shape index (κ3) is 3.02. The number of thiazole rings is 1. The molecular weight excluding hydrogens is 270 g/mol. The van der Waals surface area contributed by atoms with Crippen molar-refractivity contribution in [3.8, 4) is 0 Å². The summed E-state index contributed by atoms with van der Waals surface area (Å²) < 4.78 is 0. The lowest BCUT2D eigenvalue weighted by Gasteiger charge is -2.23. The molecule has 3 N–H and O–H groups in total. The van der Waals surface area contributed by atoms with Gasteiger partial charge < -0.3 is 20.4 Å². The number of nitrogens with zero attached hydrogens (tertiary/aromatic N) is 2. The number of aliphatic hydroxyl groups is 1. The highest BCUT2D eigenvalue weighted by atomic mass is 32.1. The smallest absolute Gasteiger partial charge is 0.326 e. The molecule has 1 aromatic rings. The maximum absolute atomic E-state index is 12.0. The number of amides is 2. The topological polar surface area (TPSA) is 103 Å². The average Bonchev–Trinajstić information content (AvgIpc) is 2.96.